The van der Waals surface area contributed by atoms with Gasteiger partial charge in [0.15, 0.2) is 6.10 Å². The summed E-state index contributed by atoms with van der Waals surface area (Å²) in [4.78, 5) is 38.4. The third-order valence-electron chi connectivity index (χ3n) is 13.9. The van der Waals surface area contributed by atoms with Gasteiger partial charge >= 0.3 is 17.9 Å². The summed E-state index contributed by atoms with van der Waals surface area (Å²) in [7, 11) is 0. The molecule has 0 aromatic rings. The van der Waals surface area contributed by atoms with E-state index in [1.165, 1.54) is 116 Å². The van der Waals surface area contributed by atoms with Crippen LogP contribution in [0.25, 0.3) is 0 Å². The largest absolute Gasteiger partial charge is 0.462 e. The van der Waals surface area contributed by atoms with Crippen LogP contribution in [-0.4, -0.2) is 37.2 Å². The molecule has 0 aromatic heterocycles. The third kappa shape index (κ3) is 64.5. The number of carbonyl (C=O) groups excluding carboxylic acids is 3. The van der Waals surface area contributed by atoms with Gasteiger partial charge in [0, 0.05) is 19.3 Å². The Balaban J connectivity index is 4.41. The second-order valence-corrected chi connectivity index (χ2v) is 21.6. The van der Waals surface area contributed by atoms with E-state index in [9.17, 15) is 14.4 Å². The zero-order chi connectivity index (χ0) is 57.1. The minimum Gasteiger partial charge on any atom is -0.462 e. The minimum atomic E-state index is -0.798. The number of carbonyl (C=O) groups is 3. The first-order chi connectivity index (χ1) is 39.0. The molecule has 0 bridgehead atoms. The Kier molecular flexibility index (Phi) is 62.8. The summed E-state index contributed by atoms with van der Waals surface area (Å²) in [6.07, 6.45) is 92.0. The molecule has 0 aliphatic rings. The first-order valence-corrected chi connectivity index (χ1v) is 33.0. The van der Waals surface area contributed by atoms with Gasteiger partial charge in [-0.25, -0.2) is 0 Å². The number of ether oxygens (including phenoxy) is 3. The van der Waals surface area contributed by atoms with Crippen molar-refractivity contribution in [2.45, 2.75) is 309 Å². The van der Waals surface area contributed by atoms with Crippen LogP contribution in [0.15, 0.2) is 122 Å². The molecule has 0 radical (unpaired) electrons. The molecule has 0 amide bonds. The van der Waals surface area contributed by atoms with E-state index in [4.69, 9.17) is 14.2 Å². The van der Waals surface area contributed by atoms with Crippen molar-refractivity contribution < 1.29 is 28.6 Å². The predicted molar refractivity (Wildman–Crippen MR) is 343 cm³/mol. The van der Waals surface area contributed by atoms with Crippen LogP contribution in [0.4, 0.5) is 0 Å². The SMILES string of the molecule is CC/C=C\C/C=C\C/C=C\C/C=C\C/C=C\C/C=C\CCCCCCCCC(=O)OCC(COC(=O)CCCCCCC/C=C\C/C=C\C/C=C\CC)OC(=O)CCCCCCCCCCC/C=C\CCCCCCCCCC. The van der Waals surface area contributed by atoms with E-state index in [1.807, 2.05) is 0 Å². The minimum absolute atomic E-state index is 0.0942. The highest BCUT2D eigenvalue weighted by Gasteiger charge is 2.19. The molecule has 0 N–H and O–H groups in total. The van der Waals surface area contributed by atoms with Gasteiger partial charge in [-0.15, -0.1) is 0 Å². The molecule has 1 atom stereocenters. The van der Waals surface area contributed by atoms with Gasteiger partial charge in [0.25, 0.3) is 0 Å². The molecular formula is C73H122O6. The third-order valence-corrected chi connectivity index (χ3v) is 13.9. The van der Waals surface area contributed by atoms with E-state index in [0.29, 0.717) is 19.3 Å². The summed E-state index contributed by atoms with van der Waals surface area (Å²) in [6.45, 7) is 6.41. The van der Waals surface area contributed by atoms with E-state index in [1.54, 1.807) is 0 Å². The van der Waals surface area contributed by atoms with Gasteiger partial charge in [-0.3, -0.25) is 14.4 Å². The van der Waals surface area contributed by atoms with Gasteiger partial charge in [0.05, 0.1) is 0 Å². The fourth-order valence-corrected chi connectivity index (χ4v) is 9.04. The molecule has 0 rings (SSSR count). The van der Waals surface area contributed by atoms with Gasteiger partial charge < -0.3 is 14.2 Å². The van der Waals surface area contributed by atoms with Crippen LogP contribution < -0.4 is 0 Å². The van der Waals surface area contributed by atoms with Crippen molar-refractivity contribution >= 4 is 17.9 Å². The Morgan fingerprint density at radius 1 is 0.266 bits per heavy atom. The number of rotatable bonds is 59. The quantitative estimate of drug-likeness (QED) is 0.0261. The van der Waals surface area contributed by atoms with Crippen molar-refractivity contribution in [2.75, 3.05) is 13.2 Å². The van der Waals surface area contributed by atoms with E-state index in [0.717, 1.165) is 148 Å². The zero-order valence-corrected chi connectivity index (χ0v) is 51.6. The summed E-state index contributed by atoms with van der Waals surface area (Å²) in [6, 6.07) is 0. The van der Waals surface area contributed by atoms with Crippen molar-refractivity contribution in [1.29, 1.82) is 0 Å². The summed E-state index contributed by atoms with van der Waals surface area (Å²) in [5, 5.41) is 0. The monoisotopic (exact) mass is 1090 g/mol. The molecule has 0 aliphatic carbocycles. The van der Waals surface area contributed by atoms with Crippen molar-refractivity contribution in [3.8, 4) is 0 Å². The molecule has 79 heavy (non-hydrogen) atoms. The lowest BCUT2D eigenvalue weighted by Gasteiger charge is -2.18. The van der Waals surface area contributed by atoms with E-state index >= 15 is 0 Å². The molecule has 450 valence electrons. The fraction of sp³-hybridized carbons (Fsp3) is 0.685. The second-order valence-electron chi connectivity index (χ2n) is 21.6. The smallest absolute Gasteiger partial charge is 0.306 e. The van der Waals surface area contributed by atoms with Gasteiger partial charge in [-0.05, 0) is 128 Å². The molecule has 1 unspecified atom stereocenters. The number of hydrogen-bond donors (Lipinski definition) is 0. The Morgan fingerprint density at radius 2 is 0.494 bits per heavy atom. The molecule has 0 spiro atoms. The number of esters is 3. The molecule has 0 saturated heterocycles. The van der Waals surface area contributed by atoms with Crippen LogP contribution in [-0.2, 0) is 28.6 Å². The van der Waals surface area contributed by atoms with Gasteiger partial charge in [-0.1, -0.05) is 277 Å². The van der Waals surface area contributed by atoms with Gasteiger partial charge in [0.1, 0.15) is 13.2 Å². The lowest BCUT2D eigenvalue weighted by Crippen LogP contribution is -2.30. The van der Waals surface area contributed by atoms with Crippen LogP contribution in [0.5, 0.6) is 0 Å². The van der Waals surface area contributed by atoms with E-state index < -0.39 is 6.10 Å². The first kappa shape index (κ1) is 74.8. The second kappa shape index (κ2) is 66.3. The highest BCUT2D eigenvalue weighted by molar-refractivity contribution is 5.71. The van der Waals surface area contributed by atoms with E-state index in [2.05, 4.69) is 142 Å². The first-order valence-electron chi connectivity index (χ1n) is 33.0. The normalized spacial score (nSPS) is 12.9. The maximum absolute atomic E-state index is 12.9. The molecule has 6 nitrogen and oxygen atoms in total. The molecule has 0 aliphatic heterocycles. The Hall–Kier alpha value is -4.19. The molecule has 0 fully saturated rings. The van der Waals surface area contributed by atoms with Crippen molar-refractivity contribution in [1.82, 2.24) is 0 Å². The van der Waals surface area contributed by atoms with E-state index in [-0.39, 0.29) is 31.1 Å². The number of unbranched alkanes of at least 4 members (excludes halogenated alkanes) is 28. The molecule has 0 saturated carbocycles. The van der Waals surface area contributed by atoms with Crippen LogP contribution in [0.3, 0.4) is 0 Å². The van der Waals surface area contributed by atoms with Gasteiger partial charge in [0.2, 0.25) is 0 Å². The Morgan fingerprint density at radius 3 is 0.785 bits per heavy atom. The zero-order valence-electron chi connectivity index (χ0n) is 51.6. The highest BCUT2D eigenvalue weighted by Crippen LogP contribution is 2.16. The summed E-state index contributed by atoms with van der Waals surface area (Å²) in [5.74, 6) is -0.919. The summed E-state index contributed by atoms with van der Waals surface area (Å²) >= 11 is 0. The maximum atomic E-state index is 12.9. The number of hydrogen-bond acceptors (Lipinski definition) is 6. The standard InChI is InChI=1S/C73H122O6/c1-4-7-10-13-16-19-22-25-28-30-32-34-35-36-37-39-40-42-45-48-51-54-57-60-63-66-72(75)78-69-70(68-77-71(74)65-62-59-56-53-50-47-44-27-24-21-18-15-12-9-6-3)79-73(76)67-64-61-58-55-52-49-46-43-41-38-33-31-29-26-23-20-17-14-11-8-5-2/h7,9-10,12,16,18-19,21,25,27-28,31-34,36-37,40,42,44,70H,4-6,8,11,13-15,17,20,22-24,26,29-30,35,38-39,41,43,45-69H2,1-3H3/b10-7-,12-9-,19-16-,21-18-,28-25-,33-31-,34-32-,37-36-,42-40-,44-27-. The van der Waals surface area contributed by atoms with Crippen LogP contribution in [0, 0.1) is 0 Å². The lowest BCUT2D eigenvalue weighted by molar-refractivity contribution is -0.167. The lowest BCUT2D eigenvalue weighted by atomic mass is 10.1. The number of allylic oxidation sites excluding steroid dienone is 20. The molecule has 0 aromatic carbocycles. The Bertz CT molecular complexity index is 1640. The van der Waals surface area contributed by atoms with Crippen LogP contribution in [0.1, 0.15) is 303 Å². The summed E-state index contributed by atoms with van der Waals surface area (Å²) < 4.78 is 16.9. The van der Waals surface area contributed by atoms with Crippen LogP contribution in [0.2, 0.25) is 0 Å². The van der Waals surface area contributed by atoms with Crippen LogP contribution >= 0.6 is 0 Å². The summed E-state index contributed by atoms with van der Waals surface area (Å²) in [5.41, 5.74) is 0. The molecule has 6 heteroatoms. The van der Waals surface area contributed by atoms with Gasteiger partial charge in [-0.2, -0.15) is 0 Å². The average molecular weight is 1100 g/mol. The molecular weight excluding hydrogens is 973 g/mol. The average Bonchev–Trinajstić information content (AvgIpc) is 3.45. The Labute approximate surface area is 488 Å². The van der Waals surface area contributed by atoms with Crippen molar-refractivity contribution in [3.05, 3.63) is 122 Å². The van der Waals surface area contributed by atoms with Crippen molar-refractivity contribution in [2.24, 2.45) is 0 Å². The molecule has 0 heterocycles. The topological polar surface area (TPSA) is 78.9 Å². The highest BCUT2D eigenvalue weighted by atomic mass is 16.6. The fourth-order valence-electron chi connectivity index (χ4n) is 9.04. The maximum Gasteiger partial charge on any atom is 0.306 e. The van der Waals surface area contributed by atoms with Crippen molar-refractivity contribution in [3.63, 3.8) is 0 Å². The predicted octanol–water partition coefficient (Wildman–Crippen LogP) is 22.8.